The Balaban J connectivity index is 1.41. The van der Waals surface area contributed by atoms with Gasteiger partial charge >= 0.3 is 0 Å². The molecule has 144 valence electrons. The lowest BCUT2D eigenvalue weighted by atomic mass is 10.1. The van der Waals surface area contributed by atoms with E-state index in [1.807, 2.05) is 33.7 Å². The first-order valence-corrected chi connectivity index (χ1v) is 11.1. The number of benzene rings is 1. The topological polar surface area (TPSA) is 51.0 Å². The van der Waals surface area contributed by atoms with Crippen molar-refractivity contribution in [1.29, 1.82) is 0 Å². The first-order chi connectivity index (χ1) is 13.7. The fraction of sp³-hybridized carbons (Fsp3) is 0.286. The average Bonchev–Trinajstić information content (AvgIpc) is 3.34. The first kappa shape index (κ1) is 19.0. The Morgan fingerprint density at radius 2 is 2.11 bits per heavy atom. The van der Waals surface area contributed by atoms with Crippen LogP contribution in [0.3, 0.4) is 0 Å². The molecule has 3 heterocycles. The monoisotopic (exact) mass is 410 g/mol. The van der Waals surface area contributed by atoms with Gasteiger partial charge in [0.15, 0.2) is 5.16 Å². The molecule has 1 aliphatic heterocycles. The van der Waals surface area contributed by atoms with Crippen LogP contribution in [-0.2, 0) is 30.7 Å². The predicted octanol–water partition coefficient (Wildman–Crippen LogP) is 3.79. The van der Waals surface area contributed by atoms with Crippen molar-refractivity contribution in [2.75, 3.05) is 12.3 Å². The molecule has 0 spiro atoms. The minimum Gasteiger partial charge on any atom is -0.337 e. The van der Waals surface area contributed by atoms with E-state index in [-0.39, 0.29) is 5.91 Å². The molecule has 0 fully saturated rings. The summed E-state index contributed by atoms with van der Waals surface area (Å²) in [6.45, 7) is 6.00. The largest absolute Gasteiger partial charge is 0.337 e. The highest BCUT2D eigenvalue weighted by Crippen LogP contribution is 2.25. The molecule has 0 N–H and O–H groups in total. The highest BCUT2D eigenvalue weighted by Gasteiger charge is 2.22. The Kier molecular flexibility index (Phi) is 5.92. The van der Waals surface area contributed by atoms with Crippen molar-refractivity contribution in [3.8, 4) is 0 Å². The van der Waals surface area contributed by atoms with Gasteiger partial charge in [-0.2, -0.15) is 0 Å². The molecule has 1 aromatic carbocycles. The van der Waals surface area contributed by atoms with Gasteiger partial charge in [-0.25, -0.2) is 0 Å². The zero-order valence-corrected chi connectivity index (χ0v) is 17.2. The summed E-state index contributed by atoms with van der Waals surface area (Å²) in [6, 6.07) is 12.3. The molecule has 0 atom stereocenters. The van der Waals surface area contributed by atoms with Gasteiger partial charge in [0, 0.05) is 30.9 Å². The van der Waals surface area contributed by atoms with Crippen LogP contribution < -0.4 is 0 Å². The second kappa shape index (κ2) is 8.75. The number of amides is 1. The second-order valence-electron chi connectivity index (χ2n) is 6.68. The van der Waals surface area contributed by atoms with E-state index in [0.717, 1.165) is 30.5 Å². The zero-order chi connectivity index (χ0) is 19.3. The van der Waals surface area contributed by atoms with Gasteiger partial charge in [-0.05, 0) is 29.0 Å². The number of nitrogens with zero attached hydrogens (tertiary/aromatic N) is 4. The van der Waals surface area contributed by atoms with Gasteiger partial charge in [0.1, 0.15) is 5.82 Å². The van der Waals surface area contributed by atoms with Crippen molar-refractivity contribution in [1.82, 2.24) is 19.7 Å². The molecule has 0 saturated carbocycles. The van der Waals surface area contributed by atoms with E-state index in [2.05, 4.69) is 40.4 Å². The van der Waals surface area contributed by atoms with Gasteiger partial charge in [0.25, 0.3) is 0 Å². The van der Waals surface area contributed by atoms with Crippen LogP contribution in [0, 0.1) is 0 Å². The number of fused-ring (bicyclic) bond motifs is 1. The standard InChI is InChI=1S/C21H22N4OS2/c1-2-10-25-19(13-16-6-4-3-5-7-16)22-23-21(25)28-15-20(26)24-11-8-18-17(14-24)9-12-27-18/h2-7,9,12H,1,8,10-11,13-15H2. The number of hydrogen-bond donors (Lipinski definition) is 0. The SMILES string of the molecule is C=CCn1c(Cc2ccccc2)nnc1SCC(=O)N1CCc2sccc2C1. The van der Waals surface area contributed by atoms with Crippen LogP contribution in [0.25, 0.3) is 0 Å². The van der Waals surface area contributed by atoms with E-state index in [1.54, 1.807) is 11.3 Å². The number of thioether (sulfide) groups is 1. The third-order valence-electron chi connectivity index (χ3n) is 4.80. The van der Waals surface area contributed by atoms with Crippen molar-refractivity contribution >= 4 is 29.0 Å². The molecule has 0 saturated heterocycles. The summed E-state index contributed by atoms with van der Waals surface area (Å²) in [7, 11) is 0. The molecule has 28 heavy (non-hydrogen) atoms. The highest BCUT2D eigenvalue weighted by atomic mass is 32.2. The molecule has 4 rings (SSSR count). The molecule has 1 aliphatic rings. The van der Waals surface area contributed by atoms with Crippen LogP contribution in [0.4, 0.5) is 0 Å². The van der Waals surface area contributed by atoms with E-state index in [4.69, 9.17) is 0 Å². The Bertz CT molecular complexity index is 964. The van der Waals surface area contributed by atoms with Crippen molar-refractivity contribution in [2.24, 2.45) is 0 Å². The Morgan fingerprint density at radius 3 is 2.93 bits per heavy atom. The summed E-state index contributed by atoms with van der Waals surface area (Å²) >= 11 is 3.24. The maximum atomic E-state index is 12.7. The smallest absolute Gasteiger partial charge is 0.233 e. The third kappa shape index (κ3) is 4.20. The Morgan fingerprint density at radius 1 is 1.25 bits per heavy atom. The van der Waals surface area contributed by atoms with Crippen LogP contribution in [-0.4, -0.2) is 37.9 Å². The summed E-state index contributed by atoms with van der Waals surface area (Å²) < 4.78 is 2.05. The maximum Gasteiger partial charge on any atom is 0.233 e. The molecule has 0 radical (unpaired) electrons. The van der Waals surface area contributed by atoms with Crippen molar-refractivity contribution < 1.29 is 4.79 Å². The number of thiophene rings is 1. The van der Waals surface area contributed by atoms with Crippen molar-refractivity contribution in [3.05, 3.63) is 76.3 Å². The molecule has 7 heteroatoms. The van der Waals surface area contributed by atoms with Crippen molar-refractivity contribution in [3.63, 3.8) is 0 Å². The van der Waals surface area contributed by atoms with Gasteiger partial charge in [0.05, 0.1) is 5.75 Å². The van der Waals surface area contributed by atoms with Crippen LogP contribution >= 0.6 is 23.1 Å². The third-order valence-corrected chi connectivity index (χ3v) is 6.77. The van der Waals surface area contributed by atoms with Gasteiger partial charge in [-0.3, -0.25) is 4.79 Å². The van der Waals surface area contributed by atoms with E-state index < -0.39 is 0 Å². The van der Waals surface area contributed by atoms with E-state index in [0.29, 0.717) is 18.7 Å². The fourth-order valence-electron chi connectivity index (χ4n) is 3.33. The summed E-state index contributed by atoms with van der Waals surface area (Å²) in [5.74, 6) is 1.42. The summed E-state index contributed by atoms with van der Waals surface area (Å²) in [5.41, 5.74) is 2.47. The molecular weight excluding hydrogens is 388 g/mol. The maximum absolute atomic E-state index is 12.7. The average molecular weight is 411 g/mol. The predicted molar refractivity (Wildman–Crippen MR) is 114 cm³/mol. The number of hydrogen-bond acceptors (Lipinski definition) is 5. The lowest BCUT2D eigenvalue weighted by Crippen LogP contribution is -2.36. The lowest BCUT2D eigenvalue weighted by molar-refractivity contribution is -0.129. The second-order valence-corrected chi connectivity index (χ2v) is 8.63. The molecule has 5 nitrogen and oxygen atoms in total. The quantitative estimate of drug-likeness (QED) is 0.439. The van der Waals surface area contributed by atoms with Gasteiger partial charge in [-0.15, -0.1) is 28.1 Å². The molecular formula is C21H22N4OS2. The molecule has 3 aromatic rings. The van der Waals surface area contributed by atoms with Gasteiger partial charge in [-0.1, -0.05) is 48.2 Å². The highest BCUT2D eigenvalue weighted by molar-refractivity contribution is 7.99. The Hall–Kier alpha value is -2.38. The van der Waals surface area contributed by atoms with Crippen LogP contribution in [0.2, 0.25) is 0 Å². The van der Waals surface area contributed by atoms with Crippen LogP contribution in [0.15, 0.2) is 59.6 Å². The summed E-state index contributed by atoms with van der Waals surface area (Å²) in [4.78, 5) is 16.1. The van der Waals surface area contributed by atoms with Gasteiger partial charge < -0.3 is 9.47 Å². The molecule has 0 bridgehead atoms. The summed E-state index contributed by atoms with van der Waals surface area (Å²) in [5, 5.41) is 11.6. The summed E-state index contributed by atoms with van der Waals surface area (Å²) in [6.07, 6.45) is 3.51. The number of carbonyl (C=O) groups is 1. The minimum absolute atomic E-state index is 0.152. The number of rotatable bonds is 7. The molecule has 0 aliphatic carbocycles. The normalized spacial score (nSPS) is 13.4. The molecule has 1 amide bonds. The fourth-order valence-corrected chi connectivity index (χ4v) is 5.09. The van der Waals surface area contributed by atoms with E-state index in [9.17, 15) is 4.79 Å². The zero-order valence-electron chi connectivity index (χ0n) is 15.6. The molecule has 2 aromatic heterocycles. The number of carbonyl (C=O) groups excluding carboxylic acids is 1. The Labute approximate surface area is 173 Å². The molecule has 0 unspecified atom stereocenters. The van der Waals surface area contributed by atoms with Gasteiger partial charge in [0.2, 0.25) is 5.91 Å². The number of aromatic nitrogens is 3. The van der Waals surface area contributed by atoms with Crippen LogP contribution in [0.5, 0.6) is 0 Å². The minimum atomic E-state index is 0.152. The van der Waals surface area contributed by atoms with Crippen LogP contribution in [0.1, 0.15) is 21.8 Å². The number of allylic oxidation sites excluding steroid dienone is 1. The van der Waals surface area contributed by atoms with Crippen molar-refractivity contribution in [2.45, 2.75) is 31.1 Å². The van der Waals surface area contributed by atoms with E-state index >= 15 is 0 Å². The van der Waals surface area contributed by atoms with E-state index in [1.165, 1.54) is 27.8 Å². The first-order valence-electron chi connectivity index (χ1n) is 9.27. The lowest BCUT2D eigenvalue weighted by Gasteiger charge is -2.26.